The molecule has 1 N–H and O–H groups in total. The second-order valence-electron chi connectivity index (χ2n) is 9.20. The Labute approximate surface area is 213 Å². The Hall–Kier alpha value is -4.59. The van der Waals surface area contributed by atoms with E-state index in [-0.39, 0.29) is 17.5 Å². The number of fused-ring (bicyclic) bond motifs is 1. The topological polar surface area (TPSA) is 81.9 Å². The molecule has 5 aromatic rings. The second-order valence-corrected chi connectivity index (χ2v) is 9.20. The van der Waals surface area contributed by atoms with Crippen LogP contribution in [0.1, 0.15) is 18.5 Å². The van der Waals surface area contributed by atoms with E-state index >= 15 is 0 Å². The summed E-state index contributed by atoms with van der Waals surface area (Å²) in [4.78, 5) is 25.2. The van der Waals surface area contributed by atoms with E-state index < -0.39 is 0 Å². The summed E-state index contributed by atoms with van der Waals surface area (Å²) >= 11 is 0. The number of carbonyl (C=O) groups excluding carboxylic acids is 1. The van der Waals surface area contributed by atoms with Crippen molar-refractivity contribution in [3.05, 3.63) is 90.8 Å². The van der Waals surface area contributed by atoms with Crippen molar-refractivity contribution in [1.29, 1.82) is 0 Å². The number of aromatic nitrogens is 4. The van der Waals surface area contributed by atoms with E-state index in [0.717, 1.165) is 29.5 Å². The van der Waals surface area contributed by atoms with Crippen LogP contribution in [0.2, 0.25) is 0 Å². The molecule has 0 unspecified atom stereocenters. The first-order chi connectivity index (χ1) is 18.0. The molecule has 3 aromatic heterocycles. The Morgan fingerprint density at radius 1 is 1.00 bits per heavy atom. The number of hydrogen-bond acceptors (Lipinski definition) is 6. The SMILES string of the molecule is Cn1c(Nc2cc(-c3ccncc3)ccc2F)nc2cc(Oc3ccnc(CC(=O)C4CC4)c3)ccc21. The van der Waals surface area contributed by atoms with Gasteiger partial charge in [0, 0.05) is 50.1 Å². The summed E-state index contributed by atoms with van der Waals surface area (Å²) in [5.74, 6) is 1.78. The van der Waals surface area contributed by atoms with E-state index in [2.05, 4.69) is 20.3 Å². The third-order valence-corrected chi connectivity index (χ3v) is 6.49. The molecule has 8 heteroatoms. The van der Waals surface area contributed by atoms with Crippen molar-refractivity contribution in [2.75, 3.05) is 5.32 Å². The van der Waals surface area contributed by atoms with Gasteiger partial charge >= 0.3 is 0 Å². The predicted molar refractivity (Wildman–Crippen MR) is 139 cm³/mol. The number of nitrogens with zero attached hydrogens (tertiary/aromatic N) is 4. The van der Waals surface area contributed by atoms with Gasteiger partial charge in [0.25, 0.3) is 0 Å². The van der Waals surface area contributed by atoms with Gasteiger partial charge in [-0.05, 0) is 66.4 Å². The molecule has 0 saturated heterocycles. The molecule has 6 rings (SSSR count). The summed E-state index contributed by atoms with van der Waals surface area (Å²) in [7, 11) is 1.87. The minimum absolute atomic E-state index is 0.201. The highest BCUT2D eigenvalue weighted by atomic mass is 19.1. The lowest BCUT2D eigenvalue weighted by atomic mass is 10.1. The van der Waals surface area contributed by atoms with Gasteiger partial charge in [0.15, 0.2) is 0 Å². The Morgan fingerprint density at radius 3 is 2.62 bits per heavy atom. The molecule has 0 aliphatic heterocycles. The summed E-state index contributed by atoms with van der Waals surface area (Å²) in [5, 5.41) is 3.13. The van der Waals surface area contributed by atoms with Crippen molar-refractivity contribution in [2.24, 2.45) is 13.0 Å². The van der Waals surface area contributed by atoms with Gasteiger partial charge in [0.05, 0.1) is 22.4 Å². The molecule has 0 bridgehead atoms. The highest BCUT2D eigenvalue weighted by molar-refractivity contribution is 5.85. The smallest absolute Gasteiger partial charge is 0.208 e. The van der Waals surface area contributed by atoms with Gasteiger partial charge in [-0.25, -0.2) is 9.37 Å². The number of aryl methyl sites for hydroxylation is 1. The lowest BCUT2D eigenvalue weighted by Crippen LogP contribution is -2.06. The minimum Gasteiger partial charge on any atom is -0.457 e. The normalized spacial score (nSPS) is 13.0. The largest absolute Gasteiger partial charge is 0.457 e. The van der Waals surface area contributed by atoms with Gasteiger partial charge in [0.1, 0.15) is 23.1 Å². The van der Waals surface area contributed by atoms with Gasteiger partial charge in [-0.15, -0.1) is 0 Å². The maximum Gasteiger partial charge on any atom is 0.208 e. The van der Waals surface area contributed by atoms with E-state index in [1.807, 2.05) is 41.9 Å². The number of carbonyl (C=O) groups is 1. The highest BCUT2D eigenvalue weighted by Gasteiger charge is 2.29. The average molecular weight is 494 g/mol. The molecule has 0 amide bonds. The second kappa shape index (κ2) is 9.46. The van der Waals surface area contributed by atoms with Crippen molar-refractivity contribution in [3.63, 3.8) is 0 Å². The maximum absolute atomic E-state index is 14.7. The molecule has 3 heterocycles. The summed E-state index contributed by atoms with van der Waals surface area (Å²) in [6.45, 7) is 0. The van der Waals surface area contributed by atoms with Crippen LogP contribution < -0.4 is 10.1 Å². The van der Waals surface area contributed by atoms with E-state index in [1.165, 1.54) is 6.07 Å². The van der Waals surface area contributed by atoms with Crippen LogP contribution in [0.15, 0.2) is 79.3 Å². The molecule has 184 valence electrons. The lowest BCUT2D eigenvalue weighted by molar-refractivity contribution is -0.119. The number of ether oxygens (including phenoxy) is 1. The third kappa shape index (κ3) is 4.91. The molecule has 2 aromatic carbocycles. The number of halogens is 1. The Kier molecular flexibility index (Phi) is 5.84. The van der Waals surface area contributed by atoms with Crippen LogP contribution in [0.3, 0.4) is 0 Å². The maximum atomic E-state index is 14.7. The van der Waals surface area contributed by atoms with Crippen molar-refractivity contribution in [2.45, 2.75) is 19.3 Å². The number of anilines is 2. The van der Waals surface area contributed by atoms with Crippen molar-refractivity contribution < 1.29 is 13.9 Å². The number of pyridine rings is 2. The predicted octanol–water partition coefficient (Wildman–Crippen LogP) is 6.23. The van der Waals surface area contributed by atoms with Crippen LogP contribution in [0.25, 0.3) is 22.2 Å². The monoisotopic (exact) mass is 493 g/mol. The summed E-state index contributed by atoms with van der Waals surface area (Å²) < 4.78 is 22.6. The zero-order valence-corrected chi connectivity index (χ0v) is 20.2. The fraction of sp³-hybridized carbons (Fsp3) is 0.172. The zero-order valence-electron chi connectivity index (χ0n) is 20.2. The van der Waals surface area contributed by atoms with E-state index in [1.54, 1.807) is 42.9 Å². The van der Waals surface area contributed by atoms with Crippen LogP contribution in [-0.4, -0.2) is 25.3 Å². The van der Waals surface area contributed by atoms with E-state index in [9.17, 15) is 9.18 Å². The summed E-state index contributed by atoms with van der Waals surface area (Å²) in [6.07, 6.45) is 7.36. The van der Waals surface area contributed by atoms with Gasteiger partial charge in [0.2, 0.25) is 5.95 Å². The van der Waals surface area contributed by atoms with Crippen LogP contribution in [0, 0.1) is 11.7 Å². The number of ketones is 1. The molecule has 0 spiro atoms. The van der Waals surface area contributed by atoms with Crippen LogP contribution in [0.4, 0.5) is 16.0 Å². The average Bonchev–Trinajstić information content (AvgIpc) is 3.72. The number of nitrogens with one attached hydrogen (secondary N) is 1. The standard InChI is InChI=1S/C29H24FN5O2/c1-35-27-7-5-22(37-23-10-13-32-21(15-23)16-28(36)19-2-3-19)17-26(27)34-29(35)33-25-14-20(4-6-24(25)30)18-8-11-31-12-9-18/h4-15,17,19H,2-3,16H2,1H3,(H,33,34). The molecule has 37 heavy (non-hydrogen) atoms. The number of Topliss-reactive ketones (excluding diaryl/α,β-unsaturated/α-hetero) is 1. The molecular formula is C29H24FN5O2. The van der Waals surface area contributed by atoms with Gasteiger partial charge < -0.3 is 14.6 Å². The fourth-order valence-electron chi connectivity index (χ4n) is 4.30. The van der Waals surface area contributed by atoms with Crippen molar-refractivity contribution in [3.8, 4) is 22.6 Å². The molecule has 1 aliphatic rings. The first-order valence-electron chi connectivity index (χ1n) is 12.1. The minimum atomic E-state index is -0.373. The zero-order chi connectivity index (χ0) is 25.4. The molecule has 7 nitrogen and oxygen atoms in total. The van der Waals surface area contributed by atoms with Gasteiger partial charge in [-0.3, -0.25) is 14.8 Å². The Bertz CT molecular complexity index is 1610. The van der Waals surface area contributed by atoms with Gasteiger partial charge in [-0.2, -0.15) is 0 Å². The lowest BCUT2D eigenvalue weighted by Gasteiger charge is -2.10. The fourth-order valence-corrected chi connectivity index (χ4v) is 4.30. The van der Waals surface area contributed by atoms with Crippen LogP contribution in [-0.2, 0) is 18.3 Å². The van der Waals surface area contributed by atoms with E-state index in [4.69, 9.17) is 4.74 Å². The van der Waals surface area contributed by atoms with Gasteiger partial charge in [-0.1, -0.05) is 6.07 Å². The molecule has 0 radical (unpaired) electrons. The molecule has 1 aliphatic carbocycles. The molecule has 1 saturated carbocycles. The molecular weight excluding hydrogens is 469 g/mol. The third-order valence-electron chi connectivity index (χ3n) is 6.49. The van der Waals surface area contributed by atoms with Crippen molar-refractivity contribution in [1.82, 2.24) is 19.5 Å². The highest BCUT2D eigenvalue weighted by Crippen LogP contribution is 2.32. The number of hydrogen-bond donors (Lipinski definition) is 1. The molecule has 1 fully saturated rings. The first kappa shape index (κ1) is 22.8. The molecule has 0 atom stereocenters. The summed E-state index contributed by atoms with van der Waals surface area (Å²) in [6, 6.07) is 17.9. The Morgan fingerprint density at radius 2 is 1.81 bits per heavy atom. The van der Waals surface area contributed by atoms with Crippen molar-refractivity contribution >= 4 is 28.5 Å². The van der Waals surface area contributed by atoms with Crippen LogP contribution >= 0.6 is 0 Å². The number of rotatable bonds is 8. The Balaban J connectivity index is 1.23. The summed E-state index contributed by atoms with van der Waals surface area (Å²) in [5.41, 5.74) is 4.42. The van der Waals surface area contributed by atoms with E-state index in [0.29, 0.717) is 40.8 Å². The first-order valence-corrected chi connectivity index (χ1v) is 12.1. The quantitative estimate of drug-likeness (QED) is 0.276. The number of benzene rings is 2. The number of imidazole rings is 1. The van der Waals surface area contributed by atoms with Crippen LogP contribution in [0.5, 0.6) is 11.5 Å².